The molecule has 144 valence electrons. The Morgan fingerprint density at radius 2 is 1.70 bits per heavy atom. The number of carbonyl (C=O) groups excluding carboxylic acids is 1. The summed E-state index contributed by atoms with van der Waals surface area (Å²) in [6.07, 6.45) is -1.10. The van der Waals surface area contributed by atoms with E-state index in [0.717, 1.165) is 0 Å². The molecular weight excluding hydrogens is 452 g/mol. The molecule has 0 fully saturated rings. The molecule has 0 bridgehead atoms. The third-order valence-electron chi connectivity index (χ3n) is 3.33. The first kappa shape index (κ1) is 21.9. The van der Waals surface area contributed by atoms with Crippen molar-refractivity contribution in [2.24, 2.45) is 0 Å². The zero-order chi connectivity index (χ0) is 20.0. The molecule has 2 aromatic rings. The summed E-state index contributed by atoms with van der Waals surface area (Å²) in [5, 5.41) is 9.03. The van der Waals surface area contributed by atoms with Gasteiger partial charge in [0.2, 0.25) is 3.79 Å². The Morgan fingerprint density at radius 3 is 2.30 bits per heavy atom. The number of para-hydroxylation sites is 1. The van der Waals surface area contributed by atoms with Crippen LogP contribution in [0.15, 0.2) is 48.5 Å². The molecular formula is C17H15Cl4N3O2S. The number of carbonyl (C=O) groups is 1. The number of benzene rings is 2. The lowest BCUT2D eigenvalue weighted by atomic mass is 10.2. The number of ether oxygens (including phenoxy) is 1. The highest BCUT2D eigenvalue weighted by Crippen LogP contribution is 2.30. The number of methoxy groups -OCH3 is 1. The van der Waals surface area contributed by atoms with Crippen molar-refractivity contribution in [3.05, 3.63) is 59.1 Å². The molecule has 1 atom stereocenters. The van der Waals surface area contributed by atoms with E-state index >= 15 is 0 Å². The first-order chi connectivity index (χ1) is 12.7. The van der Waals surface area contributed by atoms with E-state index in [-0.39, 0.29) is 10.7 Å². The van der Waals surface area contributed by atoms with Crippen molar-refractivity contribution in [3.8, 4) is 5.75 Å². The summed E-state index contributed by atoms with van der Waals surface area (Å²) >= 11 is 29.0. The van der Waals surface area contributed by atoms with Crippen molar-refractivity contribution >= 4 is 75.3 Å². The molecule has 5 nitrogen and oxygen atoms in total. The second kappa shape index (κ2) is 9.66. The van der Waals surface area contributed by atoms with Crippen LogP contribution < -0.4 is 20.7 Å². The van der Waals surface area contributed by atoms with Gasteiger partial charge in [0.15, 0.2) is 5.11 Å². The number of rotatable bonds is 5. The molecule has 0 aliphatic heterocycles. The summed E-state index contributed by atoms with van der Waals surface area (Å²) in [7, 11) is 1.46. The van der Waals surface area contributed by atoms with Crippen LogP contribution in [0.1, 0.15) is 10.4 Å². The van der Waals surface area contributed by atoms with Crippen LogP contribution in [0.5, 0.6) is 5.75 Å². The van der Waals surface area contributed by atoms with Gasteiger partial charge >= 0.3 is 0 Å². The lowest BCUT2D eigenvalue weighted by molar-refractivity contribution is 0.0931. The van der Waals surface area contributed by atoms with Crippen LogP contribution in [-0.4, -0.2) is 28.1 Å². The molecule has 0 aromatic heterocycles. The number of hydrogen-bond acceptors (Lipinski definition) is 3. The number of alkyl halides is 3. The Morgan fingerprint density at radius 1 is 1.07 bits per heavy atom. The normalized spacial score (nSPS) is 12.0. The highest BCUT2D eigenvalue weighted by atomic mass is 35.6. The van der Waals surface area contributed by atoms with Crippen molar-refractivity contribution in [2.45, 2.75) is 9.96 Å². The largest absolute Gasteiger partial charge is 0.496 e. The summed E-state index contributed by atoms with van der Waals surface area (Å²) in [6.45, 7) is 0. The molecule has 0 spiro atoms. The summed E-state index contributed by atoms with van der Waals surface area (Å²) in [6, 6.07) is 13.5. The summed E-state index contributed by atoms with van der Waals surface area (Å²) in [5.74, 6) is -0.106. The van der Waals surface area contributed by atoms with Gasteiger partial charge < -0.3 is 20.7 Å². The zero-order valence-electron chi connectivity index (χ0n) is 13.9. The molecule has 0 aliphatic rings. The molecule has 0 saturated heterocycles. The number of anilines is 1. The van der Waals surface area contributed by atoms with Gasteiger partial charge in [-0.05, 0) is 48.6 Å². The molecule has 0 aliphatic carbocycles. The summed E-state index contributed by atoms with van der Waals surface area (Å²) in [5.41, 5.74) is 0.966. The van der Waals surface area contributed by atoms with Crippen molar-refractivity contribution in [3.63, 3.8) is 0 Å². The smallest absolute Gasteiger partial charge is 0.256 e. The first-order valence-corrected chi connectivity index (χ1v) is 9.46. The standard InChI is InChI=1S/C17H15Cl4N3O2S/c1-26-13-5-3-2-4-12(13)14(25)23-15(17(19,20)21)24-16(27)22-11-8-6-10(18)7-9-11/h2-9,15H,1H3,(H,23,25)(H2,22,24,27)/t15-/m1/s1. The average molecular weight is 467 g/mol. The predicted molar refractivity (Wildman–Crippen MR) is 115 cm³/mol. The first-order valence-electron chi connectivity index (χ1n) is 7.54. The van der Waals surface area contributed by atoms with E-state index in [4.69, 9.17) is 63.4 Å². The van der Waals surface area contributed by atoms with E-state index < -0.39 is 15.9 Å². The number of amides is 1. The third kappa shape index (κ3) is 6.59. The Kier molecular flexibility index (Phi) is 7.82. The van der Waals surface area contributed by atoms with Gasteiger partial charge in [-0.25, -0.2) is 0 Å². The monoisotopic (exact) mass is 465 g/mol. The lowest BCUT2D eigenvalue weighted by Crippen LogP contribution is -2.56. The Bertz CT molecular complexity index is 813. The maximum atomic E-state index is 12.6. The molecule has 0 heterocycles. The number of hydrogen-bond donors (Lipinski definition) is 3. The van der Waals surface area contributed by atoms with E-state index in [0.29, 0.717) is 16.5 Å². The van der Waals surface area contributed by atoms with Crippen molar-refractivity contribution in [1.82, 2.24) is 10.6 Å². The molecule has 3 N–H and O–H groups in total. The Labute approximate surface area is 182 Å². The fourth-order valence-electron chi connectivity index (χ4n) is 2.07. The molecule has 2 aromatic carbocycles. The number of nitrogens with one attached hydrogen (secondary N) is 3. The maximum Gasteiger partial charge on any atom is 0.256 e. The van der Waals surface area contributed by atoms with E-state index in [9.17, 15) is 4.79 Å². The van der Waals surface area contributed by atoms with Crippen LogP contribution >= 0.6 is 58.6 Å². The van der Waals surface area contributed by atoms with Gasteiger partial charge in [-0.2, -0.15) is 0 Å². The molecule has 10 heteroatoms. The lowest BCUT2D eigenvalue weighted by Gasteiger charge is -2.28. The third-order valence-corrected chi connectivity index (χ3v) is 4.46. The van der Waals surface area contributed by atoms with E-state index in [1.54, 1.807) is 48.5 Å². The molecule has 0 saturated carbocycles. The minimum absolute atomic E-state index is 0.147. The van der Waals surface area contributed by atoms with Gasteiger partial charge in [0.05, 0.1) is 12.7 Å². The van der Waals surface area contributed by atoms with Crippen LogP contribution in [0.4, 0.5) is 5.69 Å². The van der Waals surface area contributed by atoms with Crippen LogP contribution in [0, 0.1) is 0 Å². The minimum atomic E-state index is -1.87. The quantitative estimate of drug-likeness (QED) is 0.337. The second-order valence-corrected chi connectivity index (χ2v) is 8.47. The molecule has 0 unspecified atom stereocenters. The van der Waals surface area contributed by atoms with Crippen LogP contribution in [0.2, 0.25) is 5.02 Å². The van der Waals surface area contributed by atoms with Gasteiger partial charge in [0.25, 0.3) is 5.91 Å². The fourth-order valence-corrected chi connectivity index (χ4v) is 2.76. The molecule has 1 amide bonds. The summed E-state index contributed by atoms with van der Waals surface area (Å²) < 4.78 is 3.30. The highest BCUT2D eigenvalue weighted by molar-refractivity contribution is 7.80. The molecule has 0 radical (unpaired) electrons. The van der Waals surface area contributed by atoms with Gasteiger partial charge in [-0.1, -0.05) is 58.5 Å². The maximum absolute atomic E-state index is 12.6. The predicted octanol–water partition coefficient (Wildman–Crippen LogP) is 4.76. The van der Waals surface area contributed by atoms with Crippen LogP contribution in [0.3, 0.4) is 0 Å². The molecule has 2 rings (SSSR count). The fraction of sp³-hybridized carbons (Fsp3) is 0.176. The zero-order valence-corrected chi connectivity index (χ0v) is 17.8. The van der Waals surface area contributed by atoms with Gasteiger partial charge in [0, 0.05) is 10.7 Å². The van der Waals surface area contributed by atoms with E-state index in [2.05, 4.69) is 16.0 Å². The minimum Gasteiger partial charge on any atom is -0.496 e. The number of halogens is 4. The van der Waals surface area contributed by atoms with Gasteiger partial charge in [0.1, 0.15) is 11.9 Å². The topological polar surface area (TPSA) is 62.4 Å². The van der Waals surface area contributed by atoms with Gasteiger partial charge in [-0.15, -0.1) is 0 Å². The second-order valence-electron chi connectivity index (χ2n) is 5.25. The van der Waals surface area contributed by atoms with Crippen LogP contribution in [0.25, 0.3) is 0 Å². The van der Waals surface area contributed by atoms with E-state index in [1.807, 2.05) is 0 Å². The average Bonchev–Trinajstić information content (AvgIpc) is 2.62. The highest BCUT2D eigenvalue weighted by Gasteiger charge is 2.35. The van der Waals surface area contributed by atoms with Gasteiger partial charge in [-0.3, -0.25) is 4.79 Å². The SMILES string of the molecule is COc1ccccc1C(=O)N[C@H](NC(=S)Nc1ccc(Cl)cc1)C(Cl)(Cl)Cl. The Balaban J connectivity index is 2.10. The van der Waals surface area contributed by atoms with E-state index in [1.165, 1.54) is 7.11 Å². The van der Waals surface area contributed by atoms with Crippen molar-refractivity contribution in [2.75, 3.05) is 12.4 Å². The van der Waals surface area contributed by atoms with Crippen molar-refractivity contribution in [1.29, 1.82) is 0 Å². The number of thiocarbonyl (C=S) groups is 1. The van der Waals surface area contributed by atoms with Crippen molar-refractivity contribution < 1.29 is 9.53 Å². The van der Waals surface area contributed by atoms with Crippen LogP contribution in [-0.2, 0) is 0 Å². The Hall–Kier alpha value is -1.44. The molecule has 27 heavy (non-hydrogen) atoms. The summed E-state index contributed by atoms with van der Waals surface area (Å²) in [4.78, 5) is 12.6.